The van der Waals surface area contributed by atoms with Crippen LogP contribution in [0.4, 0.5) is 17.6 Å². The van der Waals surface area contributed by atoms with E-state index in [0.29, 0.717) is 0 Å². The van der Waals surface area contributed by atoms with Crippen molar-refractivity contribution in [1.82, 2.24) is 0 Å². The standard InChI is InChI=1S/C4Br2F4O/c5-1(3(7)8)11-2(6)4(9)10. The van der Waals surface area contributed by atoms with Crippen molar-refractivity contribution in [3.05, 3.63) is 21.5 Å². The average molecular weight is 300 g/mol. The van der Waals surface area contributed by atoms with E-state index in [1.807, 2.05) is 0 Å². The Morgan fingerprint density at radius 2 is 1.09 bits per heavy atom. The van der Waals surface area contributed by atoms with Crippen LogP contribution in [0.5, 0.6) is 0 Å². The van der Waals surface area contributed by atoms with E-state index in [-0.39, 0.29) is 0 Å². The van der Waals surface area contributed by atoms with Crippen molar-refractivity contribution in [1.29, 1.82) is 0 Å². The van der Waals surface area contributed by atoms with Gasteiger partial charge >= 0.3 is 12.2 Å². The fourth-order valence-corrected chi connectivity index (χ4v) is 0.697. The van der Waals surface area contributed by atoms with E-state index in [1.165, 1.54) is 0 Å². The van der Waals surface area contributed by atoms with Gasteiger partial charge in [0.1, 0.15) is 0 Å². The number of ether oxygens (including phenoxy) is 1. The molecule has 0 saturated carbocycles. The first-order valence-corrected chi connectivity index (χ1v) is 3.63. The fourth-order valence-electron chi connectivity index (χ4n) is 0.156. The minimum absolute atomic E-state index is 1.04. The lowest BCUT2D eigenvalue weighted by atomic mass is 11.0. The van der Waals surface area contributed by atoms with E-state index in [2.05, 4.69) is 36.6 Å². The van der Waals surface area contributed by atoms with E-state index in [1.54, 1.807) is 0 Å². The number of rotatable bonds is 2. The number of hydrogen-bond donors (Lipinski definition) is 0. The van der Waals surface area contributed by atoms with Crippen molar-refractivity contribution in [2.45, 2.75) is 0 Å². The van der Waals surface area contributed by atoms with Gasteiger partial charge in [0.05, 0.1) is 0 Å². The summed E-state index contributed by atoms with van der Waals surface area (Å²) in [6.07, 6.45) is -4.44. The van der Waals surface area contributed by atoms with E-state index in [4.69, 9.17) is 0 Å². The maximum Gasteiger partial charge on any atom is 0.319 e. The topological polar surface area (TPSA) is 9.23 Å². The lowest BCUT2D eigenvalue weighted by molar-refractivity contribution is 0.284. The van der Waals surface area contributed by atoms with Gasteiger partial charge < -0.3 is 4.74 Å². The highest BCUT2D eigenvalue weighted by Crippen LogP contribution is 2.25. The van der Waals surface area contributed by atoms with E-state index >= 15 is 0 Å². The molecule has 0 aliphatic rings. The van der Waals surface area contributed by atoms with E-state index < -0.39 is 21.5 Å². The van der Waals surface area contributed by atoms with Crippen LogP contribution in [0, 0.1) is 0 Å². The van der Waals surface area contributed by atoms with E-state index in [9.17, 15) is 17.6 Å². The van der Waals surface area contributed by atoms with Crippen molar-refractivity contribution < 1.29 is 22.3 Å². The first-order valence-electron chi connectivity index (χ1n) is 2.04. The highest BCUT2D eigenvalue weighted by molar-refractivity contribution is 9.12. The highest BCUT2D eigenvalue weighted by Gasteiger charge is 2.09. The highest BCUT2D eigenvalue weighted by atomic mass is 79.9. The SMILES string of the molecule is FC(F)=C(Br)OC(Br)=C(F)F. The largest absolute Gasteiger partial charge is 0.431 e. The second kappa shape index (κ2) is 4.76. The Hall–Kier alpha value is -0.0400. The first-order chi connectivity index (χ1) is 4.95. The van der Waals surface area contributed by atoms with Crippen molar-refractivity contribution in [2.24, 2.45) is 0 Å². The zero-order chi connectivity index (χ0) is 9.02. The van der Waals surface area contributed by atoms with Crippen LogP contribution in [-0.4, -0.2) is 0 Å². The molecule has 0 rings (SSSR count). The molecular weight excluding hydrogens is 300 g/mol. The van der Waals surface area contributed by atoms with Crippen LogP contribution in [-0.2, 0) is 4.74 Å². The zero-order valence-electron chi connectivity index (χ0n) is 4.68. The number of hydrogen-bond acceptors (Lipinski definition) is 1. The Bertz CT molecular complexity index is 182. The quantitative estimate of drug-likeness (QED) is 0.555. The van der Waals surface area contributed by atoms with Crippen LogP contribution in [0.2, 0.25) is 0 Å². The molecule has 0 heterocycles. The Kier molecular flexibility index (Phi) is 4.74. The summed E-state index contributed by atoms with van der Waals surface area (Å²) >= 11 is 4.44. The Morgan fingerprint density at radius 3 is 1.27 bits per heavy atom. The average Bonchev–Trinajstić information content (AvgIpc) is 1.87. The molecule has 0 aliphatic carbocycles. The molecule has 64 valence electrons. The summed E-state index contributed by atoms with van der Waals surface area (Å²) in [6, 6.07) is 0. The monoisotopic (exact) mass is 298 g/mol. The van der Waals surface area contributed by atoms with Gasteiger partial charge in [-0.15, -0.1) is 0 Å². The van der Waals surface area contributed by atoms with Crippen molar-refractivity contribution in [2.75, 3.05) is 0 Å². The van der Waals surface area contributed by atoms with Crippen LogP contribution in [0.25, 0.3) is 0 Å². The molecule has 11 heavy (non-hydrogen) atoms. The number of halogens is 6. The summed E-state index contributed by atoms with van der Waals surface area (Å²) in [4.78, 5) is 0. The van der Waals surface area contributed by atoms with Crippen molar-refractivity contribution in [3.8, 4) is 0 Å². The molecule has 0 N–H and O–H groups in total. The zero-order valence-corrected chi connectivity index (χ0v) is 7.85. The van der Waals surface area contributed by atoms with Gasteiger partial charge in [-0.25, -0.2) is 0 Å². The molecule has 0 aromatic carbocycles. The predicted molar refractivity (Wildman–Crippen MR) is 37.4 cm³/mol. The molecule has 0 radical (unpaired) electrons. The molecule has 0 aliphatic heterocycles. The molecule has 1 nitrogen and oxygen atoms in total. The third kappa shape index (κ3) is 4.41. The summed E-state index contributed by atoms with van der Waals surface area (Å²) in [5, 5.41) is 0. The van der Waals surface area contributed by atoms with Crippen molar-refractivity contribution >= 4 is 31.9 Å². The molecule has 0 spiro atoms. The third-order valence-corrected chi connectivity index (χ3v) is 1.40. The van der Waals surface area contributed by atoms with Gasteiger partial charge in [0.15, 0.2) is 0 Å². The smallest absolute Gasteiger partial charge is 0.319 e. The normalized spacial score (nSPS) is 8.91. The Labute approximate surface area is 76.0 Å². The predicted octanol–water partition coefficient (Wildman–Crippen LogP) is 3.92. The molecule has 0 aromatic heterocycles. The molecule has 7 heteroatoms. The van der Waals surface area contributed by atoms with Gasteiger partial charge in [-0.3, -0.25) is 0 Å². The maximum absolute atomic E-state index is 11.5. The van der Waals surface area contributed by atoms with Gasteiger partial charge in [-0.1, -0.05) is 0 Å². The molecule has 0 amide bonds. The molecule has 0 unspecified atom stereocenters. The molecule has 0 fully saturated rings. The second-order valence-corrected chi connectivity index (χ2v) is 2.61. The van der Waals surface area contributed by atoms with Gasteiger partial charge in [-0.2, -0.15) is 17.6 Å². The molecule has 0 saturated heterocycles. The van der Waals surface area contributed by atoms with Crippen LogP contribution < -0.4 is 0 Å². The van der Waals surface area contributed by atoms with Gasteiger partial charge in [-0.05, 0) is 31.9 Å². The minimum Gasteiger partial charge on any atom is -0.431 e. The minimum atomic E-state index is -2.22. The van der Waals surface area contributed by atoms with Gasteiger partial charge in [0.25, 0.3) is 0 Å². The molecule has 0 aromatic rings. The Balaban J connectivity index is 4.30. The van der Waals surface area contributed by atoms with Crippen LogP contribution in [0.3, 0.4) is 0 Å². The van der Waals surface area contributed by atoms with Crippen LogP contribution in [0.15, 0.2) is 21.5 Å². The Morgan fingerprint density at radius 1 is 0.818 bits per heavy atom. The van der Waals surface area contributed by atoms with E-state index in [0.717, 1.165) is 0 Å². The second-order valence-electron chi connectivity index (χ2n) is 1.17. The van der Waals surface area contributed by atoms with Crippen LogP contribution >= 0.6 is 31.9 Å². The summed E-state index contributed by atoms with van der Waals surface area (Å²) in [6.45, 7) is 0. The van der Waals surface area contributed by atoms with Crippen molar-refractivity contribution in [3.63, 3.8) is 0 Å². The molecule has 0 atom stereocenters. The molecular formula is C4Br2F4O. The lowest BCUT2D eigenvalue weighted by Crippen LogP contribution is -1.82. The summed E-state index contributed by atoms with van der Waals surface area (Å²) in [5.74, 6) is 0. The third-order valence-electron chi connectivity index (χ3n) is 0.476. The maximum atomic E-state index is 11.5. The first kappa shape index (κ1) is 11.0. The van der Waals surface area contributed by atoms with Crippen LogP contribution in [0.1, 0.15) is 0 Å². The lowest BCUT2D eigenvalue weighted by Gasteiger charge is -1.98. The summed E-state index contributed by atoms with van der Waals surface area (Å²) in [7, 11) is 0. The molecule has 0 bridgehead atoms. The fraction of sp³-hybridized carbons (Fsp3) is 0. The van der Waals surface area contributed by atoms with Gasteiger partial charge in [0, 0.05) is 0 Å². The summed E-state index contributed by atoms with van der Waals surface area (Å²) < 4.78 is 47.7. The summed E-state index contributed by atoms with van der Waals surface area (Å²) in [5.41, 5.74) is 0. The van der Waals surface area contributed by atoms with Gasteiger partial charge in [0.2, 0.25) is 9.34 Å².